The second-order valence-electron chi connectivity index (χ2n) is 5.91. The molecule has 0 spiro atoms. The van der Waals surface area contributed by atoms with Gasteiger partial charge in [0.15, 0.2) is 0 Å². The van der Waals surface area contributed by atoms with E-state index in [2.05, 4.69) is 29.6 Å². The lowest BCUT2D eigenvalue weighted by Crippen LogP contribution is -2.09. The molecule has 3 atom stereocenters. The highest BCUT2D eigenvalue weighted by Gasteiger charge is 2.54. The summed E-state index contributed by atoms with van der Waals surface area (Å²) in [6.45, 7) is 0.814. The van der Waals surface area contributed by atoms with E-state index in [0.29, 0.717) is 17.5 Å². The third-order valence-corrected chi connectivity index (χ3v) is 4.83. The minimum absolute atomic E-state index is 0.156. The second kappa shape index (κ2) is 4.58. The Bertz CT molecular complexity index is 713. The van der Waals surface area contributed by atoms with Crippen LogP contribution < -0.4 is 5.32 Å². The van der Waals surface area contributed by atoms with Gasteiger partial charge in [0.25, 0.3) is 5.69 Å². The maximum Gasteiger partial charge on any atom is 0.292 e. The molecule has 2 aromatic rings. The molecule has 1 fully saturated rings. The first-order chi connectivity index (χ1) is 10.3. The molecule has 106 valence electrons. The highest BCUT2D eigenvalue weighted by Crippen LogP contribution is 2.61. The van der Waals surface area contributed by atoms with E-state index in [1.807, 2.05) is 6.07 Å². The number of rotatable bonds is 4. The van der Waals surface area contributed by atoms with Crippen molar-refractivity contribution in [2.24, 2.45) is 11.8 Å². The van der Waals surface area contributed by atoms with Crippen LogP contribution in [0.25, 0.3) is 0 Å². The van der Waals surface area contributed by atoms with Crippen LogP contribution >= 0.6 is 0 Å². The minimum atomic E-state index is -0.328. The van der Waals surface area contributed by atoms with Crippen molar-refractivity contribution in [2.45, 2.75) is 12.3 Å². The quantitative estimate of drug-likeness (QED) is 0.687. The normalized spacial score (nSPS) is 25.0. The Labute approximate surface area is 123 Å². The van der Waals surface area contributed by atoms with Crippen molar-refractivity contribution in [3.8, 4) is 0 Å². The zero-order valence-corrected chi connectivity index (χ0v) is 11.5. The molecule has 0 aromatic heterocycles. The van der Waals surface area contributed by atoms with Crippen molar-refractivity contribution in [1.29, 1.82) is 0 Å². The fraction of sp³-hybridized carbons (Fsp3) is 0.294. The molecular formula is C17H16N2O2. The monoisotopic (exact) mass is 280 g/mol. The maximum atomic E-state index is 11.0. The lowest BCUT2D eigenvalue weighted by molar-refractivity contribution is -0.384. The molecule has 0 bridgehead atoms. The number of nitro groups is 1. The van der Waals surface area contributed by atoms with Crippen LogP contribution in [0.4, 0.5) is 11.4 Å². The fourth-order valence-corrected chi connectivity index (χ4v) is 3.77. The van der Waals surface area contributed by atoms with E-state index in [4.69, 9.17) is 0 Å². The Kier molecular flexibility index (Phi) is 2.70. The van der Waals surface area contributed by atoms with Crippen LogP contribution in [-0.4, -0.2) is 11.5 Å². The third kappa shape index (κ3) is 1.98. The molecule has 3 unspecified atom stereocenters. The summed E-state index contributed by atoms with van der Waals surface area (Å²) < 4.78 is 0. The van der Waals surface area contributed by atoms with Crippen molar-refractivity contribution in [3.05, 3.63) is 69.8 Å². The van der Waals surface area contributed by atoms with Crippen LogP contribution in [0.2, 0.25) is 0 Å². The SMILES string of the molecule is O=[N+]([O-])c1ccccc1NCC1C2Cc3ccccc3C12. The number of para-hydroxylation sites is 2. The molecule has 0 saturated heterocycles. The first kappa shape index (κ1) is 12.4. The van der Waals surface area contributed by atoms with Gasteiger partial charge in [-0.25, -0.2) is 0 Å². The van der Waals surface area contributed by atoms with Crippen LogP contribution in [0.1, 0.15) is 17.0 Å². The van der Waals surface area contributed by atoms with E-state index in [1.54, 1.807) is 18.2 Å². The Morgan fingerprint density at radius 1 is 1.14 bits per heavy atom. The van der Waals surface area contributed by atoms with E-state index < -0.39 is 0 Å². The number of anilines is 1. The van der Waals surface area contributed by atoms with Crippen molar-refractivity contribution >= 4 is 11.4 Å². The van der Waals surface area contributed by atoms with E-state index in [-0.39, 0.29) is 10.6 Å². The summed E-state index contributed by atoms with van der Waals surface area (Å²) in [6, 6.07) is 15.5. The van der Waals surface area contributed by atoms with Crippen molar-refractivity contribution in [2.75, 3.05) is 11.9 Å². The standard InChI is InChI=1S/C17H16N2O2/c20-19(21)16-8-4-3-7-15(16)18-10-14-13-9-11-5-1-2-6-12(11)17(13)14/h1-8,13-14,17-18H,9-10H2. The van der Waals surface area contributed by atoms with Crippen molar-refractivity contribution in [3.63, 3.8) is 0 Å². The lowest BCUT2D eigenvalue weighted by Gasteiger charge is -2.10. The van der Waals surface area contributed by atoms with E-state index in [0.717, 1.165) is 18.9 Å². The zero-order valence-electron chi connectivity index (χ0n) is 11.5. The van der Waals surface area contributed by atoms with Crippen LogP contribution in [-0.2, 0) is 6.42 Å². The molecule has 0 aliphatic heterocycles. The fourth-order valence-electron chi connectivity index (χ4n) is 3.77. The van der Waals surface area contributed by atoms with Gasteiger partial charge in [0, 0.05) is 12.6 Å². The van der Waals surface area contributed by atoms with Gasteiger partial charge in [-0.1, -0.05) is 36.4 Å². The summed E-state index contributed by atoms with van der Waals surface area (Å²) in [5.41, 5.74) is 3.75. The Hall–Kier alpha value is -2.36. The van der Waals surface area contributed by atoms with Gasteiger partial charge in [0.05, 0.1) is 4.92 Å². The summed E-state index contributed by atoms with van der Waals surface area (Å²) >= 11 is 0. The Morgan fingerprint density at radius 2 is 1.90 bits per heavy atom. The number of nitrogens with zero attached hydrogens (tertiary/aromatic N) is 1. The van der Waals surface area contributed by atoms with Crippen molar-refractivity contribution < 1.29 is 4.92 Å². The number of hydrogen-bond donors (Lipinski definition) is 1. The molecule has 0 amide bonds. The summed E-state index contributed by atoms with van der Waals surface area (Å²) in [4.78, 5) is 10.7. The molecule has 2 aromatic carbocycles. The third-order valence-electron chi connectivity index (χ3n) is 4.83. The minimum Gasteiger partial charge on any atom is -0.379 e. The van der Waals surface area contributed by atoms with Gasteiger partial charge < -0.3 is 5.32 Å². The number of nitrogens with one attached hydrogen (secondary N) is 1. The van der Waals surface area contributed by atoms with Gasteiger partial charge in [-0.3, -0.25) is 10.1 Å². The largest absolute Gasteiger partial charge is 0.379 e. The molecule has 4 nitrogen and oxygen atoms in total. The topological polar surface area (TPSA) is 55.2 Å². The first-order valence-electron chi connectivity index (χ1n) is 7.31. The number of hydrogen-bond acceptors (Lipinski definition) is 3. The second-order valence-corrected chi connectivity index (χ2v) is 5.91. The molecular weight excluding hydrogens is 264 g/mol. The summed E-state index contributed by atoms with van der Waals surface area (Å²) in [5.74, 6) is 1.98. The van der Waals surface area contributed by atoms with E-state index in [9.17, 15) is 10.1 Å². The molecule has 1 saturated carbocycles. The lowest BCUT2D eigenvalue weighted by atomic mass is 10.0. The van der Waals surface area contributed by atoms with E-state index in [1.165, 1.54) is 11.1 Å². The van der Waals surface area contributed by atoms with Crippen LogP contribution in [0.5, 0.6) is 0 Å². The Balaban J connectivity index is 1.46. The smallest absolute Gasteiger partial charge is 0.292 e. The summed E-state index contributed by atoms with van der Waals surface area (Å²) in [5, 5.41) is 14.3. The van der Waals surface area contributed by atoms with Gasteiger partial charge in [0.1, 0.15) is 5.69 Å². The van der Waals surface area contributed by atoms with Crippen LogP contribution in [0.15, 0.2) is 48.5 Å². The maximum absolute atomic E-state index is 11.0. The number of benzene rings is 2. The predicted molar refractivity (Wildman–Crippen MR) is 81.5 cm³/mol. The molecule has 0 radical (unpaired) electrons. The van der Waals surface area contributed by atoms with Gasteiger partial charge in [0.2, 0.25) is 0 Å². The van der Waals surface area contributed by atoms with Crippen molar-refractivity contribution in [1.82, 2.24) is 0 Å². The van der Waals surface area contributed by atoms with Gasteiger partial charge in [-0.15, -0.1) is 0 Å². The molecule has 2 aliphatic carbocycles. The summed E-state index contributed by atoms with van der Waals surface area (Å²) in [6.07, 6.45) is 1.16. The number of nitro benzene ring substituents is 1. The van der Waals surface area contributed by atoms with E-state index >= 15 is 0 Å². The van der Waals surface area contributed by atoms with Crippen LogP contribution in [0.3, 0.4) is 0 Å². The average Bonchev–Trinajstić information content (AvgIpc) is 3.04. The first-order valence-corrected chi connectivity index (χ1v) is 7.31. The molecule has 1 N–H and O–H groups in total. The summed E-state index contributed by atoms with van der Waals surface area (Å²) in [7, 11) is 0. The number of fused-ring (bicyclic) bond motifs is 3. The molecule has 0 heterocycles. The van der Waals surface area contributed by atoms with Gasteiger partial charge in [-0.2, -0.15) is 0 Å². The molecule has 2 aliphatic rings. The average molecular weight is 280 g/mol. The molecule has 21 heavy (non-hydrogen) atoms. The van der Waals surface area contributed by atoms with Crippen LogP contribution in [0, 0.1) is 22.0 Å². The molecule has 4 rings (SSSR count). The molecule has 4 heteroatoms. The highest BCUT2D eigenvalue weighted by atomic mass is 16.6. The Morgan fingerprint density at radius 3 is 2.76 bits per heavy atom. The highest BCUT2D eigenvalue weighted by molar-refractivity contribution is 5.61. The zero-order chi connectivity index (χ0) is 14.4. The van der Waals surface area contributed by atoms with Gasteiger partial charge >= 0.3 is 0 Å². The predicted octanol–water partition coefficient (Wildman–Crippen LogP) is 3.59. The van der Waals surface area contributed by atoms with Gasteiger partial charge in [-0.05, 0) is 41.4 Å².